The van der Waals surface area contributed by atoms with Crippen molar-refractivity contribution in [3.8, 4) is 23.0 Å². The van der Waals surface area contributed by atoms with Gasteiger partial charge in [-0.05, 0) is 24.3 Å². The van der Waals surface area contributed by atoms with E-state index in [1.165, 1.54) is 20.5 Å². The highest BCUT2D eigenvalue weighted by Gasteiger charge is 2.13. The van der Waals surface area contributed by atoms with Crippen molar-refractivity contribution in [3.63, 3.8) is 0 Å². The van der Waals surface area contributed by atoms with E-state index in [0.29, 0.717) is 28.6 Å². The number of hydrogen-bond donors (Lipinski definition) is 0. The van der Waals surface area contributed by atoms with Gasteiger partial charge in [0, 0.05) is 11.6 Å². The molecule has 0 spiro atoms. The predicted molar refractivity (Wildman–Crippen MR) is 90.6 cm³/mol. The van der Waals surface area contributed by atoms with Crippen LogP contribution in [0.3, 0.4) is 0 Å². The molecule has 6 nitrogen and oxygen atoms in total. The lowest BCUT2D eigenvalue weighted by Crippen LogP contribution is -2.06. The molecule has 0 radical (unpaired) electrons. The van der Waals surface area contributed by atoms with Gasteiger partial charge in [0.1, 0.15) is 30.1 Å². The summed E-state index contributed by atoms with van der Waals surface area (Å²) in [6, 6.07) is 14.4. The van der Waals surface area contributed by atoms with Crippen LogP contribution in [0, 0.1) is 0 Å². The largest absolute Gasteiger partial charge is 0.497 e. The molecule has 0 atom stereocenters. The van der Waals surface area contributed by atoms with Crippen LogP contribution in [0.5, 0.6) is 11.5 Å². The predicted octanol–water partition coefficient (Wildman–Crippen LogP) is 3.72. The van der Waals surface area contributed by atoms with Crippen LogP contribution in [0.2, 0.25) is 0 Å². The van der Waals surface area contributed by atoms with E-state index in [1.54, 1.807) is 18.2 Å². The minimum atomic E-state index is -0.499. The third-order valence-corrected chi connectivity index (χ3v) is 3.51. The number of methoxy groups -OCH3 is 2. The van der Waals surface area contributed by atoms with Gasteiger partial charge < -0.3 is 18.6 Å². The van der Waals surface area contributed by atoms with Crippen LogP contribution >= 0.6 is 0 Å². The van der Waals surface area contributed by atoms with Gasteiger partial charge in [0.15, 0.2) is 0 Å². The lowest BCUT2D eigenvalue weighted by molar-refractivity contribution is 0.0467. The fourth-order valence-electron chi connectivity index (χ4n) is 2.23. The maximum absolute atomic E-state index is 12.2. The van der Waals surface area contributed by atoms with Crippen LogP contribution in [0.1, 0.15) is 16.1 Å². The van der Waals surface area contributed by atoms with Crippen molar-refractivity contribution >= 4 is 5.97 Å². The van der Waals surface area contributed by atoms with E-state index in [1.807, 2.05) is 30.3 Å². The van der Waals surface area contributed by atoms with Gasteiger partial charge in [0.25, 0.3) is 0 Å². The molecule has 0 amide bonds. The first-order valence-corrected chi connectivity index (χ1v) is 7.59. The van der Waals surface area contributed by atoms with Crippen LogP contribution in [0.15, 0.2) is 59.2 Å². The van der Waals surface area contributed by atoms with Crippen LogP contribution in [-0.2, 0) is 11.3 Å². The molecule has 1 heterocycles. The molecular formula is C19H17NO5. The second kappa shape index (κ2) is 7.53. The summed E-state index contributed by atoms with van der Waals surface area (Å²) < 4.78 is 21.0. The van der Waals surface area contributed by atoms with Gasteiger partial charge in [-0.25, -0.2) is 9.78 Å². The van der Waals surface area contributed by atoms with Crippen LogP contribution in [0.4, 0.5) is 0 Å². The van der Waals surface area contributed by atoms with E-state index in [2.05, 4.69) is 4.98 Å². The molecule has 128 valence electrons. The summed E-state index contributed by atoms with van der Waals surface area (Å²) in [5.74, 6) is 1.01. The number of carbonyl (C=O) groups is 1. The van der Waals surface area contributed by atoms with Gasteiger partial charge in [0.2, 0.25) is 5.89 Å². The normalized spacial score (nSPS) is 10.3. The molecule has 0 saturated carbocycles. The lowest BCUT2D eigenvalue weighted by Gasteiger charge is -2.08. The molecule has 0 saturated heterocycles. The standard InChI is InChI=1S/C19H17NO5/c1-22-16-8-14(9-17(10-16)23-2)19(21)25-12-15-11-24-18(20-15)13-6-4-3-5-7-13/h3-11H,12H2,1-2H3. The van der Waals surface area contributed by atoms with Crippen LogP contribution in [-0.4, -0.2) is 25.2 Å². The highest BCUT2D eigenvalue weighted by molar-refractivity contribution is 5.90. The van der Waals surface area contributed by atoms with Gasteiger partial charge in [-0.3, -0.25) is 0 Å². The minimum absolute atomic E-state index is 0.00862. The summed E-state index contributed by atoms with van der Waals surface area (Å²) in [5.41, 5.74) is 1.72. The Bertz CT molecular complexity index is 835. The van der Waals surface area contributed by atoms with E-state index in [-0.39, 0.29) is 6.61 Å². The zero-order valence-electron chi connectivity index (χ0n) is 13.9. The van der Waals surface area contributed by atoms with E-state index in [4.69, 9.17) is 18.6 Å². The summed E-state index contributed by atoms with van der Waals surface area (Å²) in [7, 11) is 3.04. The monoisotopic (exact) mass is 339 g/mol. The Balaban J connectivity index is 1.68. The average Bonchev–Trinajstić information content (AvgIpc) is 3.15. The van der Waals surface area contributed by atoms with Gasteiger partial charge in [0.05, 0.1) is 19.8 Å². The number of nitrogens with zero attached hydrogens (tertiary/aromatic N) is 1. The Morgan fingerprint density at radius 2 is 1.72 bits per heavy atom. The molecule has 2 aromatic carbocycles. The number of benzene rings is 2. The van der Waals surface area contributed by atoms with E-state index in [9.17, 15) is 4.79 Å². The minimum Gasteiger partial charge on any atom is -0.497 e. The first-order chi connectivity index (χ1) is 12.2. The molecule has 0 fully saturated rings. The summed E-state index contributed by atoms with van der Waals surface area (Å²) in [4.78, 5) is 16.6. The van der Waals surface area contributed by atoms with Crippen molar-refractivity contribution in [2.45, 2.75) is 6.61 Å². The highest BCUT2D eigenvalue weighted by Crippen LogP contribution is 2.23. The Morgan fingerprint density at radius 3 is 2.36 bits per heavy atom. The van der Waals surface area contributed by atoms with Gasteiger partial charge in [-0.1, -0.05) is 18.2 Å². The third-order valence-electron chi connectivity index (χ3n) is 3.51. The van der Waals surface area contributed by atoms with Gasteiger partial charge in [-0.15, -0.1) is 0 Å². The molecule has 0 unspecified atom stereocenters. The SMILES string of the molecule is COc1cc(OC)cc(C(=O)OCc2coc(-c3ccccc3)n2)c1. The number of carbonyl (C=O) groups excluding carboxylic acids is 1. The maximum atomic E-state index is 12.2. The second-order valence-corrected chi connectivity index (χ2v) is 5.19. The highest BCUT2D eigenvalue weighted by atomic mass is 16.5. The van der Waals surface area contributed by atoms with Crippen molar-refractivity contribution in [1.82, 2.24) is 4.98 Å². The molecule has 25 heavy (non-hydrogen) atoms. The topological polar surface area (TPSA) is 70.8 Å². The fraction of sp³-hybridized carbons (Fsp3) is 0.158. The van der Waals surface area contributed by atoms with Gasteiger partial charge >= 0.3 is 5.97 Å². The third kappa shape index (κ3) is 3.98. The van der Waals surface area contributed by atoms with Crippen LogP contribution in [0.25, 0.3) is 11.5 Å². The van der Waals surface area contributed by atoms with E-state index in [0.717, 1.165) is 5.56 Å². The van der Waals surface area contributed by atoms with Crippen molar-refractivity contribution in [2.24, 2.45) is 0 Å². The molecular weight excluding hydrogens is 322 g/mol. The molecule has 0 N–H and O–H groups in total. The number of ether oxygens (including phenoxy) is 3. The van der Waals surface area contributed by atoms with Crippen LogP contribution < -0.4 is 9.47 Å². The number of rotatable bonds is 6. The Labute approximate surface area is 145 Å². The summed E-state index contributed by atoms with van der Waals surface area (Å²) in [5, 5.41) is 0. The molecule has 0 aliphatic carbocycles. The lowest BCUT2D eigenvalue weighted by atomic mass is 10.2. The van der Waals surface area contributed by atoms with Crippen molar-refractivity contribution in [2.75, 3.05) is 14.2 Å². The van der Waals surface area contributed by atoms with Crippen molar-refractivity contribution < 1.29 is 23.4 Å². The average molecular weight is 339 g/mol. The quantitative estimate of drug-likeness (QED) is 0.638. The first kappa shape index (κ1) is 16.6. The second-order valence-electron chi connectivity index (χ2n) is 5.19. The summed E-state index contributed by atoms with van der Waals surface area (Å²) in [6.07, 6.45) is 1.47. The molecule has 0 bridgehead atoms. The van der Waals surface area contributed by atoms with E-state index >= 15 is 0 Å². The number of esters is 1. The maximum Gasteiger partial charge on any atom is 0.338 e. The van der Waals surface area contributed by atoms with E-state index < -0.39 is 5.97 Å². The Hall–Kier alpha value is -3.28. The first-order valence-electron chi connectivity index (χ1n) is 7.59. The molecule has 1 aromatic heterocycles. The smallest absolute Gasteiger partial charge is 0.338 e. The van der Waals surface area contributed by atoms with Gasteiger partial charge in [-0.2, -0.15) is 0 Å². The fourth-order valence-corrected chi connectivity index (χ4v) is 2.23. The Morgan fingerprint density at radius 1 is 1.04 bits per heavy atom. The summed E-state index contributed by atoms with van der Waals surface area (Å²) >= 11 is 0. The summed E-state index contributed by atoms with van der Waals surface area (Å²) in [6.45, 7) is 0.00862. The molecule has 6 heteroatoms. The van der Waals surface area contributed by atoms with Crippen molar-refractivity contribution in [3.05, 3.63) is 66.1 Å². The molecule has 0 aliphatic heterocycles. The number of aromatic nitrogens is 1. The zero-order chi connectivity index (χ0) is 17.6. The molecule has 3 rings (SSSR count). The molecule has 3 aromatic rings. The zero-order valence-corrected chi connectivity index (χ0v) is 13.9. The molecule has 0 aliphatic rings. The number of hydrogen-bond acceptors (Lipinski definition) is 6. The van der Waals surface area contributed by atoms with Crippen molar-refractivity contribution in [1.29, 1.82) is 0 Å². The Kier molecular flexibility index (Phi) is 4.99. The number of oxazole rings is 1.